The van der Waals surface area contributed by atoms with Gasteiger partial charge in [0.15, 0.2) is 5.78 Å². The Morgan fingerprint density at radius 3 is 2.54 bits per heavy atom. The van der Waals surface area contributed by atoms with Crippen molar-refractivity contribution < 1.29 is 9.53 Å². The maximum absolute atomic E-state index is 13.5. The van der Waals surface area contributed by atoms with Crippen LogP contribution in [-0.2, 0) is 11.4 Å². The second-order valence-electron chi connectivity index (χ2n) is 10.3. The highest BCUT2D eigenvalue weighted by Gasteiger charge is 2.41. The molecule has 0 bridgehead atoms. The highest BCUT2D eigenvalue weighted by Crippen LogP contribution is 2.50. The van der Waals surface area contributed by atoms with Gasteiger partial charge in [0.1, 0.15) is 12.4 Å². The van der Waals surface area contributed by atoms with Crippen LogP contribution in [0.5, 0.6) is 5.75 Å². The molecular formula is C31H28N2O2. The quantitative estimate of drug-likeness (QED) is 0.356. The Balaban J connectivity index is 1.41. The average molecular weight is 461 g/mol. The zero-order valence-corrected chi connectivity index (χ0v) is 20.0. The minimum atomic E-state index is -0.113. The summed E-state index contributed by atoms with van der Waals surface area (Å²) in [5.41, 5.74) is 7.25. The number of fused-ring (bicyclic) bond motifs is 3. The summed E-state index contributed by atoms with van der Waals surface area (Å²) in [6, 6.07) is 26.6. The van der Waals surface area contributed by atoms with Crippen LogP contribution in [-0.4, -0.2) is 10.8 Å². The van der Waals surface area contributed by atoms with Crippen molar-refractivity contribution in [2.24, 2.45) is 5.41 Å². The molecule has 2 heterocycles. The summed E-state index contributed by atoms with van der Waals surface area (Å²) in [5, 5.41) is 4.76. The largest absolute Gasteiger partial charge is 0.489 e. The van der Waals surface area contributed by atoms with E-state index in [0.717, 1.165) is 56.7 Å². The Labute approximate surface area is 205 Å². The fourth-order valence-electron chi connectivity index (χ4n) is 5.48. The topological polar surface area (TPSA) is 51.2 Å². The number of nitrogens with zero attached hydrogens (tertiary/aromatic N) is 1. The third-order valence-corrected chi connectivity index (χ3v) is 7.07. The van der Waals surface area contributed by atoms with E-state index < -0.39 is 0 Å². The molecule has 1 atom stereocenters. The molecule has 1 aromatic heterocycles. The predicted molar refractivity (Wildman–Crippen MR) is 139 cm³/mol. The molecule has 0 saturated carbocycles. The highest BCUT2D eigenvalue weighted by atomic mass is 16.5. The van der Waals surface area contributed by atoms with E-state index in [4.69, 9.17) is 4.74 Å². The molecule has 4 aromatic rings. The fourth-order valence-corrected chi connectivity index (χ4v) is 5.48. The second kappa shape index (κ2) is 8.38. The van der Waals surface area contributed by atoms with Crippen LogP contribution in [0, 0.1) is 5.41 Å². The van der Waals surface area contributed by atoms with Crippen molar-refractivity contribution >= 4 is 22.4 Å². The lowest BCUT2D eigenvalue weighted by Gasteiger charge is -2.39. The highest BCUT2D eigenvalue weighted by molar-refractivity contribution is 6.04. The minimum absolute atomic E-state index is 0.0665. The number of ketones is 1. The van der Waals surface area contributed by atoms with E-state index >= 15 is 0 Å². The molecule has 1 aliphatic carbocycles. The molecule has 1 N–H and O–H groups in total. The maximum atomic E-state index is 13.5. The number of hydrogen-bond acceptors (Lipinski definition) is 4. The van der Waals surface area contributed by atoms with Crippen molar-refractivity contribution in [1.29, 1.82) is 0 Å². The maximum Gasteiger partial charge on any atom is 0.162 e. The van der Waals surface area contributed by atoms with Crippen LogP contribution in [0.25, 0.3) is 10.9 Å². The van der Waals surface area contributed by atoms with E-state index in [-0.39, 0.29) is 17.1 Å². The molecule has 0 spiro atoms. The van der Waals surface area contributed by atoms with Crippen LogP contribution in [0.4, 0.5) is 5.69 Å². The van der Waals surface area contributed by atoms with E-state index in [9.17, 15) is 4.79 Å². The summed E-state index contributed by atoms with van der Waals surface area (Å²) in [5.74, 6) is 0.937. The Hall–Kier alpha value is -3.92. The summed E-state index contributed by atoms with van der Waals surface area (Å²) in [6.45, 7) is 4.87. The van der Waals surface area contributed by atoms with Gasteiger partial charge in [-0.25, -0.2) is 0 Å². The first kappa shape index (κ1) is 21.6. The number of carbonyl (C=O) groups excluding carboxylic acids is 1. The van der Waals surface area contributed by atoms with Crippen molar-refractivity contribution in [1.82, 2.24) is 4.98 Å². The molecule has 0 saturated heterocycles. The molecule has 0 fully saturated rings. The molecular weight excluding hydrogens is 432 g/mol. The summed E-state index contributed by atoms with van der Waals surface area (Å²) in [7, 11) is 0. The molecule has 0 amide bonds. The SMILES string of the molecule is CC1(C)CC(=O)C2=C(C1)Nc1c(ccc3ncccc13)C2c1ccc(OCc2ccccc2)cc1. The van der Waals surface area contributed by atoms with Crippen LogP contribution in [0.15, 0.2) is 96.3 Å². The zero-order chi connectivity index (χ0) is 24.0. The number of pyridine rings is 1. The molecule has 174 valence electrons. The number of ether oxygens (including phenoxy) is 1. The molecule has 6 rings (SSSR count). The number of anilines is 1. The van der Waals surface area contributed by atoms with Crippen molar-refractivity contribution in [2.75, 3.05) is 5.32 Å². The van der Waals surface area contributed by atoms with Crippen LogP contribution in [0.3, 0.4) is 0 Å². The summed E-state index contributed by atoms with van der Waals surface area (Å²) < 4.78 is 6.02. The summed E-state index contributed by atoms with van der Waals surface area (Å²) in [6.07, 6.45) is 3.23. The van der Waals surface area contributed by atoms with Gasteiger partial charge in [0, 0.05) is 35.2 Å². The lowest BCUT2D eigenvalue weighted by molar-refractivity contribution is -0.118. The number of benzene rings is 3. The summed E-state index contributed by atoms with van der Waals surface area (Å²) in [4.78, 5) is 18.0. The zero-order valence-electron chi connectivity index (χ0n) is 20.0. The molecule has 3 aromatic carbocycles. The predicted octanol–water partition coefficient (Wildman–Crippen LogP) is 7.01. The lowest BCUT2D eigenvalue weighted by atomic mass is 9.68. The van der Waals surface area contributed by atoms with E-state index in [2.05, 4.69) is 66.6 Å². The van der Waals surface area contributed by atoms with Crippen LogP contribution >= 0.6 is 0 Å². The van der Waals surface area contributed by atoms with Gasteiger partial charge in [-0.2, -0.15) is 0 Å². The van der Waals surface area contributed by atoms with Crippen LogP contribution < -0.4 is 10.1 Å². The van der Waals surface area contributed by atoms with Gasteiger partial charge in [0.05, 0.1) is 11.2 Å². The molecule has 4 heteroatoms. The van der Waals surface area contributed by atoms with Crippen molar-refractivity contribution in [2.45, 2.75) is 39.2 Å². The van der Waals surface area contributed by atoms with Gasteiger partial charge in [-0.1, -0.05) is 62.4 Å². The number of allylic oxidation sites excluding steroid dienone is 2. The van der Waals surface area contributed by atoms with Crippen LogP contribution in [0.2, 0.25) is 0 Å². The molecule has 4 nitrogen and oxygen atoms in total. The van der Waals surface area contributed by atoms with Gasteiger partial charge >= 0.3 is 0 Å². The Bertz CT molecular complexity index is 1450. The molecule has 1 aliphatic heterocycles. The molecule has 2 aliphatic rings. The van der Waals surface area contributed by atoms with Crippen LogP contribution in [0.1, 0.15) is 49.3 Å². The number of rotatable bonds is 4. The number of carbonyl (C=O) groups is 1. The van der Waals surface area contributed by atoms with Gasteiger partial charge in [-0.3, -0.25) is 9.78 Å². The standard InChI is InChI=1S/C31H28N2O2/c1-31(2)17-26-29(27(34)18-31)28(24-14-15-25-23(30(24)33-26)9-6-16-32-25)21-10-12-22(13-11-21)35-19-20-7-4-3-5-8-20/h3-16,28,33H,17-19H2,1-2H3. The van der Waals surface area contributed by atoms with E-state index in [1.807, 2.05) is 42.6 Å². The van der Waals surface area contributed by atoms with E-state index in [1.165, 1.54) is 0 Å². The molecule has 35 heavy (non-hydrogen) atoms. The van der Waals surface area contributed by atoms with Crippen molar-refractivity contribution in [3.8, 4) is 5.75 Å². The average Bonchev–Trinajstić information content (AvgIpc) is 2.86. The first-order valence-corrected chi connectivity index (χ1v) is 12.2. The van der Waals surface area contributed by atoms with Gasteiger partial charge < -0.3 is 10.1 Å². The molecule has 0 radical (unpaired) electrons. The van der Waals surface area contributed by atoms with Gasteiger partial charge in [0.25, 0.3) is 0 Å². The van der Waals surface area contributed by atoms with Gasteiger partial charge in [-0.15, -0.1) is 0 Å². The Morgan fingerprint density at radius 2 is 1.74 bits per heavy atom. The van der Waals surface area contributed by atoms with E-state index in [0.29, 0.717) is 13.0 Å². The number of hydrogen-bond donors (Lipinski definition) is 1. The minimum Gasteiger partial charge on any atom is -0.489 e. The van der Waals surface area contributed by atoms with Crippen molar-refractivity contribution in [3.63, 3.8) is 0 Å². The van der Waals surface area contributed by atoms with E-state index in [1.54, 1.807) is 0 Å². The summed E-state index contributed by atoms with van der Waals surface area (Å²) >= 11 is 0. The first-order valence-electron chi connectivity index (χ1n) is 12.2. The third kappa shape index (κ3) is 3.99. The normalized spacial score (nSPS) is 18.6. The monoisotopic (exact) mass is 460 g/mol. The number of aromatic nitrogens is 1. The van der Waals surface area contributed by atoms with Gasteiger partial charge in [0.2, 0.25) is 0 Å². The second-order valence-corrected chi connectivity index (χ2v) is 10.3. The molecule has 1 unspecified atom stereocenters. The smallest absolute Gasteiger partial charge is 0.162 e. The number of nitrogens with one attached hydrogen (secondary N) is 1. The number of Topliss-reactive ketones (excluding diaryl/α,β-unsaturated/α-hetero) is 1. The van der Waals surface area contributed by atoms with Crippen molar-refractivity contribution in [3.05, 3.63) is 113 Å². The first-order chi connectivity index (χ1) is 17.0. The third-order valence-electron chi connectivity index (χ3n) is 7.07. The lowest BCUT2D eigenvalue weighted by Crippen LogP contribution is -2.33. The Morgan fingerprint density at radius 1 is 0.943 bits per heavy atom. The van der Waals surface area contributed by atoms with Gasteiger partial charge in [-0.05, 0) is 58.9 Å². The fraction of sp³-hybridized carbons (Fsp3) is 0.226. The Kier molecular flexibility index (Phi) is 5.18.